The van der Waals surface area contributed by atoms with Crippen LogP contribution in [0.1, 0.15) is 0 Å². The molecule has 0 aliphatic carbocycles. The summed E-state index contributed by atoms with van der Waals surface area (Å²) in [7, 11) is -1.72. The number of furan rings is 1. The first-order valence-corrected chi connectivity index (χ1v) is 3.71. The van der Waals surface area contributed by atoms with Gasteiger partial charge in [-0.05, 0) is 18.2 Å². The number of fused-ring (bicyclic) bond motifs is 1. The third-order valence-electron chi connectivity index (χ3n) is 1.82. The Morgan fingerprint density at radius 2 is 2.08 bits per heavy atom. The van der Waals surface area contributed by atoms with Crippen molar-refractivity contribution in [1.29, 1.82) is 0 Å². The topological polar surface area (TPSA) is 53.6 Å². The van der Waals surface area contributed by atoms with Crippen molar-refractivity contribution in [2.75, 3.05) is 0 Å². The highest BCUT2D eigenvalue weighted by Crippen LogP contribution is 2.14. The Hall–Kier alpha value is -1.33. The molecule has 0 unspecified atom stereocenters. The number of benzene rings is 1. The number of halogens is 1. The molecule has 0 radical (unpaired) electrons. The third kappa shape index (κ3) is 1.32. The van der Waals surface area contributed by atoms with E-state index in [2.05, 4.69) is 0 Å². The van der Waals surface area contributed by atoms with Crippen molar-refractivity contribution >= 4 is 23.6 Å². The van der Waals surface area contributed by atoms with Gasteiger partial charge in [0.1, 0.15) is 11.4 Å². The molecule has 1 aromatic carbocycles. The Bertz CT molecular complexity index is 438. The van der Waals surface area contributed by atoms with Gasteiger partial charge in [-0.25, -0.2) is 4.39 Å². The van der Waals surface area contributed by atoms with Crippen molar-refractivity contribution in [3.8, 4) is 0 Å². The summed E-state index contributed by atoms with van der Waals surface area (Å²) >= 11 is 0. The fourth-order valence-electron chi connectivity index (χ4n) is 1.26. The largest absolute Gasteiger partial charge is 0.492 e. The molecule has 3 nitrogen and oxygen atoms in total. The van der Waals surface area contributed by atoms with Crippen LogP contribution in [-0.2, 0) is 0 Å². The highest BCUT2D eigenvalue weighted by molar-refractivity contribution is 6.61. The summed E-state index contributed by atoms with van der Waals surface area (Å²) < 4.78 is 17.8. The Morgan fingerprint density at radius 1 is 1.31 bits per heavy atom. The molecule has 0 saturated heterocycles. The molecular formula is C8H6BFO3. The van der Waals surface area contributed by atoms with E-state index in [1.165, 1.54) is 12.3 Å². The lowest BCUT2D eigenvalue weighted by atomic mass is 9.79. The SMILES string of the molecule is OB(O)c1cc(F)cc2ccoc12. The van der Waals surface area contributed by atoms with E-state index in [0.717, 1.165) is 6.07 Å². The normalized spacial score (nSPS) is 10.7. The number of hydrogen-bond donors (Lipinski definition) is 2. The summed E-state index contributed by atoms with van der Waals surface area (Å²) in [4.78, 5) is 0. The molecule has 0 aliphatic heterocycles. The average Bonchev–Trinajstić information content (AvgIpc) is 2.49. The van der Waals surface area contributed by atoms with Crippen LogP contribution in [0.2, 0.25) is 0 Å². The lowest BCUT2D eigenvalue weighted by Crippen LogP contribution is -2.30. The van der Waals surface area contributed by atoms with Crippen molar-refractivity contribution in [3.63, 3.8) is 0 Å². The lowest BCUT2D eigenvalue weighted by molar-refractivity contribution is 0.425. The molecule has 0 saturated carbocycles. The van der Waals surface area contributed by atoms with Gasteiger partial charge in [-0.2, -0.15) is 0 Å². The van der Waals surface area contributed by atoms with Gasteiger partial charge < -0.3 is 14.5 Å². The second-order valence-corrected chi connectivity index (χ2v) is 2.71. The van der Waals surface area contributed by atoms with Crippen molar-refractivity contribution in [3.05, 3.63) is 30.3 Å². The summed E-state index contributed by atoms with van der Waals surface area (Å²) in [6, 6.07) is 3.87. The van der Waals surface area contributed by atoms with Crippen LogP contribution >= 0.6 is 0 Å². The van der Waals surface area contributed by atoms with Crippen LogP contribution in [0.4, 0.5) is 4.39 Å². The van der Waals surface area contributed by atoms with E-state index in [1.807, 2.05) is 0 Å². The molecule has 0 spiro atoms. The van der Waals surface area contributed by atoms with Crippen LogP contribution in [0.5, 0.6) is 0 Å². The summed E-state index contributed by atoms with van der Waals surface area (Å²) in [6.45, 7) is 0. The maximum absolute atomic E-state index is 12.9. The molecular weight excluding hydrogens is 174 g/mol. The summed E-state index contributed by atoms with van der Waals surface area (Å²) in [5.74, 6) is -0.517. The zero-order valence-corrected chi connectivity index (χ0v) is 6.57. The molecule has 0 bridgehead atoms. The second-order valence-electron chi connectivity index (χ2n) is 2.71. The van der Waals surface area contributed by atoms with E-state index in [1.54, 1.807) is 6.07 Å². The molecule has 5 heteroatoms. The quantitative estimate of drug-likeness (QED) is 0.618. The predicted molar refractivity (Wildman–Crippen MR) is 46.0 cm³/mol. The Balaban J connectivity index is 2.77. The summed E-state index contributed by atoms with van der Waals surface area (Å²) in [5.41, 5.74) is 0.344. The Morgan fingerprint density at radius 3 is 2.77 bits per heavy atom. The zero-order valence-electron chi connectivity index (χ0n) is 6.57. The van der Waals surface area contributed by atoms with Gasteiger partial charge in [-0.1, -0.05) is 0 Å². The fraction of sp³-hybridized carbons (Fsp3) is 0. The maximum atomic E-state index is 12.9. The Kier molecular flexibility index (Phi) is 1.83. The van der Waals surface area contributed by atoms with E-state index in [0.29, 0.717) is 11.0 Å². The van der Waals surface area contributed by atoms with Crippen LogP contribution in [0, 0.1) is 5.82 Å². The van der Waals surface area contributed by atoms with Crippen LogP contribution in [0.3, 0.4) is 0 Å². The van der Waals surface area contributed by atoms with Crippen molar-refractivity contribution in [2.24, 2.45) is 0 Å². The van der Waals surface area contributed by atoms with E-state index < -0.39 is 12.9 Å². The number of hydrogen-bond acceptors (Lipinski definition) is 3. The monoisotopic (exact) mass is 180 g/mol. The highest BCUT2D eigenvalue weighted by atomic mass is 19.1. The van der Waals surface area contributed by atoms with Gasteiger partial charge in [0.15, 0.2) is 0 Å². The smallest absolute Gasteiger partial charge is 0.465 e. The van der Waals surface area contributed by atoms with Crippen molar-refractivity contribution in [2.45, 2.75) is 0 Å². The molecule has 0 amide bonds. The molecule has 2 N–H and O–H groups in total. The van der Waals surface area contributed by atoms with Gasteiger partial charge >= 0.3 is 7.12 Å². The molecule has 1 aromatic heterocycles. The zero-order chi connectivity index (χ0) is 9.42. The van der Waals surface area contributed by atoms with E-state index in [4.69, 9.17) is 14.5 Å². The summed E-state index contributed by atoms with van der Waals surface area (Å²) in [6.07, 6.45) is 1.37. The molecule has 0 atom stereocenters. The molecule has 0 fully saturated rings. The van der Waals surface area contributed by atoms with Crippen LogP contribution in [0.15, 0.2) is 28.9 Å². The predicted octanol–water partition coefficient (Wildman–Crippen LogP) is 0.252. The molecule has 1 heterocycles. The maximum Gasteiger partial charge on any atom is 0.492 e. The number of rotatable bonds is 1. The molecule has 66 valence electrons. The van der Waals surface area contributed by atoms with Gasteiger partial charge in [0.2, 0.25) is 0 Å². The average molecular weight is 180 g/mol. The first-order valence-electron chi connectivity index (χ1n) is 3.71. The van der Waals surface area contributed by atoms with Crippen molar-refractivity contribution < 1.29 is 18.9 Å². The second kappa shape index (κ2) is 2.87. The van der Waals surface area contributed by atoms with Gasteiger partial charge in [0, 0.05) is 10.8 Å². The minimum atomic E-state index is -1.72. The molecule has 2 aromatic rings. The Labute approximate surface area is 73.6 Å². The van der Waals surface area contributed by atoms with E-state index in [9.17, 15) is 4.39 Å². The fourth-order valence-corrected chi connectivity index (χ4v) is 1.26. The van der Waals surface area contributed by atoms with Crippen molar-refractivity contribution in [1.82, 2.24) is 0 Å². The third-order valence-corrected chi connectivity index (χ3v) is 1.82. The van der Waals surface area contributed by atoms with Gasteiger partial charge in [-0.15, -0.1) is 0 Å². The minimum Gasteiger partial charge on any atom is -0.465 e. The van der Waals surface area contributed by atoms with Gasteiger partial charge in [0.05, 0.1) is 6.26 Å². The molecule has 0 aliphatic rings. The van der Waals surface area contributed by atoms with Gasteiger partial charge in [0.25, 0.3) is 0 Å². The molecule has 2 rings (SSSR count). The first kappa shape index (κ1) is 8.28. The van der Waals surface area contributed by atoms with Gasteiger partial charge in [-0.3, -0.25) is 0 Å². The lowest BCUT2D eigenvalue weighted by Gasteiger charge is -2.00. The van der Waals surface area contributed by atoms with E-state index >= 15 is 0 Å². The first-order chi connectivity index (χ1) is 6.18. The minimum absolute atomic E-state index is 0.0417. The standard InChI is InChI=1S/C8H6BFO3/c10-6-3-5-1-2-13-8(5)7(4-6)9(11)12/h1-4,11-12H. The highest BCUT2D eigenvalue weighted by Gasteiger charge is 2.18. The van der Waals surface area contributed by atoms with Crippen LogP contribution in [-0.4, -0.2) is 17.2 Å². The van der Waals surface area contributed by atoms with Crippen LogP contribution in [0.25, 0.3) is 11.0 Å². The summed E-state index contributed by atoms with van der Waals surface area (Å²) in [5, 5.41) is 18.3. The van der Waals surface area contributed by atoms with Crippen LogP contribution < -0.4 is 5.46 Å². The molecule has 13 heavy (non-hydrogen) atoms. The van der Waals surface area contributed by atoms with E-state index in [-0.39, 0.29) is 5.46 Å².